The predicted molar refractivity (Wildman–Crippen MR) is 108 cm³/mol. The van der Waals surface area contributed by atoms with Gasteiger partial charge in [0.2, 0.25) is 5.95 Å². The Hall–Kier alpha value is -3.00. The van der Waals surface area contributed by atoms with Gasteiger partial charge in [0.25, 0.3) is 0 Å². The number of nitrogens with zero attached hydrogens (tertiary/aromatic N) is 6. The summed E-state index contributed by atoms with van der Waals surface area (Å²) in [5.74, 6) is 0.314. The van der Waals surface area contributed by atoms with Crippen molar-refractivity contribution in [3.8, 4) is 0 Å². The number of carbonyl (C=O) groups excluding carboxylic acids is 1. The van der Waals surface area contributed by atoms with Crippen molar-refractivity contribution < 1.29 is 9.53 Å². The summed E-state index contributed by atoms with van der Waals surface area (Å²) in [5, 5.41) is 0. The summed E-state index contributed by atoms with van der Waals surface area (Å²) in [4.78, 5) is 29.7. The van der Waals surface area contributed by atoms with Crippen molar-refractivity contribution in [2.45, 2.75) is 19.9 Å². The summed E-state index contributed by atoms with van der Waals surface area (Å²) >= 11 is 0. The van der Waals surface area contributed by atoms with Crippen LogP contribution in [0.5, 0.6) is 0 Å². The van der Waals surface area contributed by atoms with Crippen LogP contribution < -0.4 is 4.90 Å². The molecule has 0 radical (unpaired) electrons. The molecule has 150 valence electrons. The highest BCUT2D eigenvalue weighted by Gasteiger charge is 2.48. The van der Waals surface area contributed by atoms with E-state index in [0.29, 0.717) is 23.5 Å². The van der Waals surface area contributed by atoms with E-state index in [2.05, 4.69) is 35.3 Å². The van der Waals surface area contributed by atoms with Crippen molar-refractivity contribution in [2.75, 3.05) is 37.7 Å². The van der Waals surface area contributed by atoms with Crippen molar-refractivity contribution >= 4 is 17.6 Å². The van der Waals surface area contributed by atoms with E-state index in [9.17, 15) is 4.79 Å². The molecule has 2 saturated heterocycles. The number of likely N-dealkylation sites (tertiary alicyclic amines) is 1. The van der Waals surface area contributed by atoms with E-state index in [-0.39, 0.29) is 5.97 Å². The van der Waals surface area contributed by atoms with Gasteiger partial charge in [0, 0.05) is 56.7 Å². The molecule has 3 aromatic rings. The van der Waals surface area contributed by atoms with E-state index >= 15 is 0 Å². The lowest BCUT2D eigenvalue weighted by atomic mass is 9.79. The first-order valence-electron chi connectivity index (χ1n) is 10.0. The lowest BCUT2D eigenvalue weighted by Crippen LogP contribution is -2.57. The van der Waals surface area contributed by atoms with Gasteiger partial charge < -0.3 is 14.0 Å². The molecule has 2 fully saturated rings. The third-order valence-electron chi connectivity index (χ3n) is 5.87. The number of fused-ring (bicyclic) bond motifs is 1. The van der Waals surface area contributed by atoms with Gasteiger partial charge in [0.05, 0.1) is 24.1 Å². The van der Waals surface area contributed by atoms with Crippen LogP contribution in [-0.4, -0.2) is 63.0 Å². The van der Waals surface area contributed by atoms with E-state index in [1.807, 2.05) is 24.4 Å². The maximum absolute atomic E-state index is 11.8. The number of hydrogen-bond donors (Lipinski definition) is 0. The molecule has 29 heavy (non-hydrogen) atoms. The summed E-state index contributed by atoms with van der Waals surface area (Å²) in [6.45, 7) is 7.10. The topological polar surface area (TPSA) is 75.9 Å². The fraction of sp³-hybridized carbons (Fsp3) is 0.429. The Kier molecular flexibility index (Phi) is 4.43. The first-order valence-corrected chi connectivity index (χ1v) is 10.0. The molecule has 0 atom stereocenters. The molecule has 5 heterocycles. The number of ether oxygens (including phenoxy) is 1. The molecule has 8 nitrogen and oxygen atoms in total. The average Bonchev–Trinajstić information content (AvgIpc) is 3.34. The molecule has 0 saturated carbocycles. The Morgan fingerprint density at radius 2 is 1.97 bits per heavy atom. The van der Waals surface area contributed by atoms with Crippen LogP contribution >= 0.6 is 0 Å². The average molecular weight is 392 g/mol. The Morgan fingerprint density at radius 3 is 2.76 bits per heavy atom. The highest BCUT2D eigenvalue weighted by molar-refractivity contribution is 5.88. The number of hydrogen-bond acceptors (Lipinski definition) is 7. The van der Waals surface area contributed by atoms with Crippen molar-refractivity contribution in [1.29, 1.82) is 0 Å². The lowest BCUT2D eigenvalue weighted by Gasteiger charge is -2.48. The molecule has 0 aromatic carbocycles. The van der Waals surface area contributed by atoms with E-state index < -0.39 is 0 Å². The van der Waals surface area contributed by atoms with Gasteiger partial charge in [0.15, 0.2) is 0 Å². The minimum Gasteiger partial charge on any atom is -0.462 e. The standard InChI is InChI=1S/C21H24N6O2/c1-2-29-19(28)16-9-23-20(24-10-16)26-8-6-21(15-26)13-25(14-21)12-17-11-22-18-5-3-4-7-27(17)18/h3-5,7,9-11H,2,6,8,12-15H2,1H3. The highest BCUT2D eigenvalue weighted by Crippen LogP contribution is 2.41. The van der Waals surface area contributed by atoms with Crippen LogP contribution in [-0.2, 0) is 11.3 Å². The predicted octanol–water partition coefficient (Wildman–Crippen LogP) is 2.01. The minimum atomic E-state index is -0.376. The van der Waals surface area contributed by atoms with Crippen LogP contribution in [0, 0.1) is 5.41 Å². The third-order valence-corrected chi connectivity index (χ3v) is 5.87. The quantitative estimate of drug-likeness (QED) is 0.615. The Morgan fingerprint density at radius 1 is 1.14 bits per heavy atom. The van der Waals surface area contributed by atoms with Gasteiger partial charge in [-0.2, -0.15) is 0 Å². The van der Waals surface area contributed by atoms with Gasteiger partial charge in [-0.1, -0.05) is 6.07 Å². The molecule has 0 N–H and O–H groups in total. The van der Waals surface area contributed by atoms with Gasteiger partial charge >= 0.3 is 5.97 Å². The lowest BCUT2D eigenvalue weighted by molar-refractivity contribution is 0.0105. The third kappa shape index (κ3) is 3.33. The zero-order valence-electron chi connectivity index (χ0n) is 16.5. The van der Waals surface area contributed by atoms with Crippen LogP contribution in [0.1, 0.15) is 29.4 Å². The molecule has 0 unspecified atom stereocenters. The summed E-state index contributed by atoms with van der Waals surface area (Å²) in [7, 11) is 0. The zero-order valence-corrected chi connectivity index (χ0v) is 16.5. The van der Waals surface area contributed by atoms with Crippen molar-refractivity contribution in [3.63, 3.8) is 0 Å². The van der Waals surface area contributed by atoms with E-state index in [0.717, 1.165) is 44.8 Å². The Labute approximate surface area is 169 Å². The number of aromatic nitrogens is 4. The van der Waals surface area contributed by atoms with Crippen LogP contribution in [0.15, 0.2) is 43.0 Å². The molecule has 5 rings (SSSR count). The smallest absolute Gasteiger partial charge is 0.341 e. The monoisotopic (exact) mass is 392 g/mol. The van der Waals surface area contributed by atoms with Crippen LogP contribution in [0.2, 0.25) is 0 Å². The fourth-order valence-electron chi connectivity index (χ4n) is 4.51. The van der Waals surface area contributed by atoms with Crippen molar-refractivity contribution in [3.05, 3.63) is 54.2 Å². The second-order valence-corrected chi connectivity index (χ2v) is 7.99. The summed E-state index contributed by atoms with van der Waals surface area (Å²) in [5.41, 5.74) is 2.92. The fourth-order valence-corrected chi connectivity index (χ4v) is 4.51. The molecule has 3 aromatic heterocycles. The number of esters is 1. The van der Waals surface area contributed by atoms with Gasteiger partial charge in [-0.15, -0.1) is 0 Å². The highest BCUT2D eigenvalue weighted by atomic mass is 16.5. The van der Waals surface area contributed by atoms with Crippen LogP contribution in [0.25, 0.3) is 5.65 Å². The molecule has 0 bridgehead atoms. The van der Waals surface area contributed by atoms with E-state index in [1.54, 1.807) is 19.3 Å². The second-order valence-electron chi connectivity index (χ2n) is 7.99. The molecule has 0 amide bonds. The maximum Gasteiger partial charge on any atom is 0.341 e. The van der Waals surface area contributed by atoms with Crippen molar-refractivity contribution in [1.82, 2.24) is 24.3 Å². The number of imidazole rings is 1. The van der Waals surface area contributed by atoms with Gasteiger partial charge in [0.1, 0.15) is 5.65 Å². The normalized spacial score (nSPS) is 18.3. The molecule has 1 spiro atoms. The first kappa shape index (κ1) is 18.1. The summed E-state index contributed by atoms with van der Waals surface area (Å²) in [6.07, 6.45) is 8.30. The summed E-state index contributed by atoms with van der Waals surface area (Å²) < 4.78 is 7.15. The van der Waals surface area contributed by atoms with Crippen LogP contribution in [0.3, 0.4) is 0 Å². The number of carbonyl (C=O) groups is 1. The molecule has 0 aliphatic carbocycles. The Balaban J connectivity index is 1.19. The molecule has 8 heteroatoms. The van der Waals surface area contributed by atoms with Gasteiger partial charge in [-0.05, 0) is 25.5 Å². The van der Waals surface area contributed by atoms with Gasteiger partial charge in [-0.25, -0.2) is 19.7 Å². The first-order chi connectivity index (χ1) is 14.2. The number of pyridine rings is 1. The summed E-state index contributed by atoms with van der Waals surface area (Å²) in [6, 6.07) is 6.08. The molecule has 2 aliphatic heterocycles. The number of rotatable bonds is 5. The van der Waals surface area contributed by atoms with E-state index in [4.69, 9.17) is 4.74 Å². The molecule has 2 aliphatic rings. The molecular weight excluding hydrogens is 368 g/mol. The largest absolute Gasteiger partial charge is 0.462 e. The minimum absolute atomic E-state index is 0.309. The number of anilines is 1. The SMILES string of the molecule is CCOC(=O)c1cnc(N2CCC3(CN(Cc4cnc5ccccn45)C3)C2)nc1. The van der Waals surface area contributed by atoms with Gasteiger partial charge in [-0.3, -0.25) is 4.90 Å². The zero-order chi connectivity index (χ0) is 19.8. The van der Waals surface area contributed by atoms with E-state index in [1.165, 1.54) is 5.69 Å². The van der Waals surface area contributed by atoms with Crippen LogP contribution in [0.4, 0.5) is 5.95 Å². The second kappa shape index (κ2) is 7.11. The maximum atomic E-state index is 11.8. The molecular formula is C21H24N6O2. The van der Waals surface area contributed by atoms with Crippen molar-refractivity contribution in [2.24, 2.45) is 5.41 Å². The Bertz CT molecular complexity index is 1030.